The normalized spacial score (nSPS) is 21.3. The van der Waals surface area contributed by atoms with Crippen molar-refractivity contribution in [1.29, 1.82) is 0 Å². The summed E-state index contributed by atoms with van der Waals surface area (Å²) in [6, 6.07) is 6.52. The van der Waals surface area contributed by atoms with Crippen LogP contribution in [0.15, 0.2) is 24.3 Å². The van der Waals surface area contributed by atoms with E-state index in [2.05, 4.69) is 5.32 Å². The fourth-order valence-corrected chi connectivity index (χ4v) is 3.32. The molecule has 1 aliphatic rings. The number of carbonyl (C=O) groups is 3. The Bertz CT molecular complexity index is 701. The van der Waals surface area contributed by atoms with Crippen LogP contribution in [0.25, 0.3) is 0 Å². The average molecular weight is 360 g/mol. The van der Waals surface area contributed by atoms with Gasteiger partial charge in [0.05, 0.1) is 5.41 Å². The largest absolute Gasteiger partial charge is 0.481 e. The van der Waals surface area contributed by atoms with Gasteiger partial charge in [0.1, 0.15) is 6.04 Å². The lowest BCUT2D eigenvalue weighted by molar-refractivity contribution is -0.154. The number of carboxylic acids is 1. The summed E-state index contributed by atoms with van der Waals surface area (Å²) in [5.74, 6) is -1.50. The zero-order valence-electron chi connectivity index (χ0n) is 15.9. The standard InChI is InChI=1S/C20H28N2O4/c1-13(2)16(21-17(23)15-8-5-7-14(3)11-15)18(24)22-10-6-9-20(4,12-22)19(25)26/h5,7-8,11,13,16H,6,9-10,12H2,1-4H3,(H,21,23)(H,25,26). The number of carboxylic acid groups (broad SMARTS) is 1. The molecule has 2 amide bonds. The molecule has 2 rings (SSSR count). The van der Waals surface area contributed by atoms with Crippen molar-refractivity contribution in [3.05, 3.63) is 35.4 Å². The number of rotatable bonds is 5. The second-order valence-corrected chi connectivity index (χ2v) is 7.79. The Morgan fingerprint density at radius 2 is 1.96 bits per heavy atom. The van der Waals surface area contributed by atoms with Crippen molar-refractivity contribution in [3.8, 4) is 0 Å². The zero-order chi connectivity index (χ0) is 19.5. The number of carbonyl (C=O) groups excluding carboxylic acids is 2. The maximum absolute atomic E-state index is 13.0. The number of aliphatic carboxylic acids is 1. The van der Waals surface area contributed by atoms with Crippen LogP contribution in [0.1, 0.15) is 49.5 Å². The van der Waals surface area contributed by atoms with Crippen LogP contribution in [0.3, 0.4) is 0 Å². The van der Waals surface area contributed by atoms with Crippen LogP contribution in [0.5, 0.6) is 0 Å². The first-order chi connectivity index (χ1) is 12.1. The molecule has 0 aliphatic carbocycles. The molecule has 1 aromatic carbocycles. The molecule has 1 aromatic rings. The molecule has 6 heteroatoms. The maximum atomic E-state index is 13.0. The Hall–Kier alpha value is -2.37. The van der Waals surface area contributed by atoms with E-state index in [1.165, 1.54) is 0 Å². The van der Waals surface area contributed by atoms with Crippen molar-refractivity contribution in [3.63, 3.8) is 0 Å². The molecule has 2 unspecified atom stereocenters. The summed E-state index contributed by atoms with van der Waals surface area (Å²) in [6.07, 6.45) is 1.19. The van der Waals surface area contributed by atoms with Gasteiger partial charge < -0.3 is 15.3 Å². The predicted octanol–water partition coefficient (Wildman–Crippen LogP) is 2.46. The highest BCUT2D eigenvalue weighted by Gasteiger charge is 2.41. The van der Waals surface area contributed by atoms with Gasteiger partial charge in [-0.05, 0) is 44.7 Å². The van der Waals surface area contributed by atoms with Gasteiger partial charge in [-0.25, -0.2) is 0 Å². The van der Waals surface area contributed by atoms with Gasteiger partial charge in [0.2, 0.25) is 5.91 Å². The molecule has 142 valence electrons. The summed E-state index contributed by atoms with van der Waals surface area (Å²) in [5.41, 5.74) is 0.548. The number of nitrogens with zero attached hydrogens (tertiary/aromatic N) is 1. The molecule has 6 nitrogen and oxygen atoms in total. The lowest BCUT2D eigenvalue weighted by Gasteiger charge is -2.39. The third-order valence-corrected chi connectivity index (χ3v) is 5.02. The van der Waals surface area contributed by atoms with Crippen LogP contribution >= 0.6 is 0 Å². The van der Waals surface area contributed by atoms with Gasteiger partial charge in [0, 0.05) is 18.7 Å². The van der Waals surface area contributed by atoms with Crippen molar-refractivity contribution in [2.24, 2.45) is 11.3 Å². The smallest absolute Gasteiger partial charge is 0.311 e. The molecule has 2 atom stereocenters. The third-order valence-electron chi connectivity index (χ3n) is 5.02. The fourth-order valence-electron chi connectivity index (χ4n) is 3.32. The Morgan fingerprint density at radius 3 is 2.54 bits per heavy atom. The molecule has 0 bridgehead atoms. The Kier molecular flexibility index (Phi) is 6.05. The van der Waals surface area contributed by atoms with E-state index in [1.807, 2.05) is 26.8 Å². The van der Waals surface area contributed by atoms with Crippen LogP contribution in [0.4, 0.5) is 0 Å². The number of aryl methyl sites for hydroxylation is 1. The van der Waals surface area contributed by atoms with Crippen molar-refractivity contribution in [1.82, 2.24) is 10.2 Å². The quantitative estimate of drug-likeness (QED) is 0.844. The van der Waals surface area contributed by atoms with E-state index in [-0.39, 0.29) is 24.3 Å². The molecule has 0 spiro atoms. The average Bonchev–Trinajstić information content (AvgIpc) is 2.58. The van der Waals surface area contributed by atoms with Gasteiger partial charge in [0.25, 0.3) is 5.91 Å². The van der Waals surface area contributed by atoms with Crippen LogP contribution in [0.2, 0.25) is 0 Å². The van der Waals surface area contributed by atoms with E-state index in [0.29, 0.717) is 24.9 Å². The second-order valence-electron chi connectivity index (χ2n) is 7.79. The Morgan fingerprint density at radius 1 is 1.27 bits per heavy atom. The van der Waals surface area contributed by atoms with E-state index in [4.69, 9.17) is 0 Å². The molecule has 0 radical (unpaired) electrons. The molecule has 2 N–H and O–H groups in total. The van der Waals surface area contributed by atoms with Gasteiger partial charge in [-0.1, -0.05) is 31.5 Å². The van der Waals surface area contributed by atoms with Crippen molar-refractivity contribution in [2.75, 3.05) is 13.1 Å². The highest BCUT2D eigenvalue weighted by molar-refractivity contribution is 5.97. The minimum Gasteiger partial charge on any atom is -0.481 e. The minimum absolute atomic E-state index is 0.103. The molecule has 0 saturated carbocycles. The summed E-state index contributed by atoms with van der Waals surface area (Å²) in [7, 11) is 0. The predicted molar refractivity (Wildman–Crippen MR) is 98.8 cm³/mol. The highest BCUT2D eigenvalue weighted by atomic mass is 16.4. The van der Waals surface area contributed by atoms with Crippen LogP contribution in [-0.2, 0) is 9.59 Å². The first kappa shape index (κ1) is 19.9. The lowest BCUT2D eigenvalue weighted by atomic mass is 9.81. The SMILES string of the molecule is Cc1cccc(C(=O)NC(C(=O)N2CCCC(C)(C(=O)O)C2)C(C)C)c1. The Labute approximate surface area is 154 Å². The summed E-state index contributed by atoms with van der Waals surface area (Å²) in [4.78, 5) is 38.7. The fraction of sp³-hybridized carbons (Fsp3) is 0.550. The second kappa shape index (κ2) is 7.89. The topological polar surface area (TPSA) is 86.7 Å². The molecule has 1 saturated heterocycles. The molecule has 1 heterocycles. The van der Waals surface area contributed by atoms with Crippen LogP contribution < -0.4 is 5.32 Å². The lowest BCUT2D eigenvalue weighted by Crippen LogP contribution is -2.56. The van der Waals surface area contributed by atoms with Gasteiger partial charge in [-0.15, -0.1) is 0 Å². The molecular weight excluding hydrogens is 332 g/mol. The molecule has 1 fully saturated rings. The van der Waals surface area contributed by atoms with Gasteiger partial charge in [-0.2, -0.15) is 0 Å². The number of piperidine rings is 1. The van der Waals surface area contributed by atoms with Gasteiger partial charge in [-0.3, -0.25) is 14.4 Å². The Balaban J connectivity index is 2.15. The first-order valence-electron chi connectivity index (χ1n) is 9.04. The number of hydrogen-bond donors (Lipinski definition) is 2. The van der Waals surface area contributed by atoms with Crippen LogP contribution in [0, 0.1) is 18.3 Å². The van der Waals surface area contributed by atoms with E-state index in [1.54, 1.807) is 30.0 Å². The van der Waals surface area contributed by atoms with E-state index >= 15 is 0 Å². The van der Waals surface area contributed by atoms with Crippen molar-refractivity contribution in [2.45, 2.75) is 46.6 Å². The number of likely N-dealkylation sites (tertiary alicyclic amines) is 1. The third kappa shape index (κ3) is 4.42. The monoisotopic (exact) mass is 360 g/mol. The summed E-state index contributed by atoms with van der Waals surface area (Å²) >= 11 is 0. The minimum atomic E-state index is -0.935. The zero-order valence-corrected chi connectivity index (χ0v) is 15.9. The van der Waals surface area contributed by atoms with E-state index in [9.17, 15) is 19.5 Å². The highest BCUT2D eigenvalue weighted by Crippen LogP contribution is 2.30. The molecule has 1 aliphatic heterocycles. The number of benzene rings is 1. The van der Waals surface area contributed by atoms with Gasteiger partial charge in [0.15, 0.2) is 0 Å². The summed E-state index contributed by atoms with van der Waals surface area (Å²) < 4.78 is 0. The van der Waals surface area contributed by atoms with Gasteiger partial charge >= 0.3 is 5.97 Å². The number of nitrogens with one attached hydrogen (secondary N) is 1. The van der Waals surface area contributed by atoms with Crippen LogP contribution in [-0.4, -0.2) is 46.9 Å². The number of amides is 2. The van der Waals surface area contributed by atoms with E-state index in [0.717, 1.165) is 5.56 Å². The summed E-state index contributed by atoms with van der Waals surface area (Å²) in [6.45, 7) is 8.02. The van der Waals surface area contributed by atoms with E-state index < -0.39 is 17.4 Å². The molecular formula is C20H28N2O4. The summed E-state index contributed by atoms with van der Waals surface area (Å²) in [5, 5.41) is 12.3. The molecule has 26 heavy (non-hydrogen) atoms. The van der Waals surface area contributed by atoms with Crippen molar-refractivity contribution < 1.29 is 19.5 Å². The first-order valence-corrected chi connectivity index (χ1v) is 9.04. The van der Waals surface area contributed by atoms with Crippen molar-refractivity contribution >= 4 is 17.8 Å². The number of hydrogen-bond acceptors (Lipinski definition) is 3. The maximum Gasteiger partial charge on any atom is 0.311 e. The molecule has 0 aromatic heterocycles.